The number of amides is 1. The van der Waals surface area contributed by atoms with E-state index in [0.29, 0.717) is 5.92 Å². The van der Waals surface area contributed by atoms with E-state index in [1.807, 2.05) is 6.08 Å². The molecule has 0 aromatic heterocycles. The average Bonchev–Trinajstić information content (AvgIpc) is 2.49. The molecule has 0 bridgehead atoms. The van der Waals surface area contributed by atoms with Crippen molar-refractivity contribution in [3.63, 3.8) is 0 Å². The van der Waals surface area contributed by atoms with Crippen molar-refractivity contribution < 1.29 is 4.79 Å². The van der Waals surface area contributed by atoms with E-state index in [4.69, 9.17) is 5.73 Å². The molecule has 0 unspecified atom stereocenters. The molecule has 0 aromatic carbocycles. The number of hydrogen-bond donors (Lipinski definition) is 1. The molecule has 0 atom stereocenters. The molecule has 3 heteroatoms. The molecule has 0 saturated heterocycles. The van der Waals surface area contributed by atoms with Crippen LogP contribution in [0.4, 0.5) is 0 Å². The molecule has 59 valence electrons. The van der Waals surface area contributed by atoms with Gasteiger partial charge in [0.25, 0.3) is 0 Å². The summed E-state index contributed by atoms with van der Waals surface area (Å²) < 4.78 is 0. The van der Waals surface area contributed by atoms with Gasteiger partial charge in [0.15, 0.2) is 0 Å². The standard InChI is InChI=1S/C9H7N2O/c10-9(12)7-2-1-3-8-6(7)4-5-11-8/h1-5H,(H2,10,12). The summed E-state index contributed by atoms with van der Waals surface area (Å²) >= 11 is 0. The lowest BCUT2D eigenvalue weighted by Gasteiger charge is -2.12. The van der Waals surface area contributed by atoms with Gasteiger partial charge >= 0.3 is 0 Å². The van der Waals surface area contributed by atoms with Gasteiger partial charge in [-0.2, -0.15) is 0 Å². The van der Waals surface area contributed by atoms with Gasteiger partial charge < -0.3 is 5.73 Å². The van der Waals surface area contributed by atoms with Gasteiger partial charge in [-0.3, -0.25) is 9.79 Å². The molecule has 2 N–H and O–H groups in total. The molecule has 1 heterocycles. The van der Waals surface area contributed by atoms with Gasteiger partial charge in [0.2, 0.25) is 5.91 Å². The second-order valence-corrected chi connectivity index (χ2v) is 2.55. The van der Waals surface area contributed by atoms with Crippen molar-refractivity contribution in [1.29, 1.82) is 0 Å². The third-order valence-electron chi connectivity index (χ3n) is 1.80. The van der Waals surface area contributed by atoms with E-state index in [-0.39, 0.29) is 0 Å². The maximum Gasteiger partial charge on any atom is 0.233 e. The van der Waals surface area contributed by atoms with Crippen LogP contribution in [0.3, 0.4) is 0 Å². The van der Waals surface area contributed by atoms with E-state index in [9.17, 15) is 4.79 Å². The quantitative estimate of drug-likeness (QED) is 0.595. The summed E-state index contributed by atoms with van der Waals surface area (Å²) in [6, 6.07) is 0. The maximum atomic E-state index is 10.9. The fourth-order valence-corrected chi connectivity index (χ4v) is 1.25. The summed E-state index contributed by atoms with van der Waals surface area (Å²) in [7, 11) is 0. The predicted octanol–water partition coefficient (Wildman–Crippen LogP) is 0.511. The van der Waals surface area contributed by atoms with Crippen LogP contribution in [0.15, 0.2) is 40.6 Å². The second kappa shape index (κ2) is 2.44. The number of rotatable bonds is 1. The Bertz CT molecular complexity index is 348. The van der Waals surface area contributed by atoms with E-state index in [1.54, 1.807) is 24.4 Å². The van der Waals surface area contributed by atoms with Crippen LogP contribution in [0.1, 0.15) is 0 Å². The maximum absolute atomic E-state index is 10.9. The number of aliphatic imine (C=N–C) groups is 1. The van der Waals surface area contributed by atoms with Crippen LogP contribution >= 0.6 is 0 Å². The Hall–Kier alpha value is -1.64. The van der Waals surface area contributed by atoms with Crippen molar-refractivity contribution in [2.45, 2.75) is 0 Å². The number of carbonyl (C=O) groups is 1. The first-order chi connectivity index (χ1) is 5.79. The van der Waals surface area contributed by atoms with Crippen molar-refractivity contribution in [2.75, 3.05) is 0 Å². The minimum Gasteiger partial charge on any atom is -0.369 e. The Morgan fingerprint density at radius 3 is 3.00 bits per heavy atom. The highest BCUT2D eigenvalue weighted by Crippen LogP contribution is 2.29. The molecule has 1 amide bonds. The summed E-state index contributed by atoms with van der Waals surface area (Å²) in [5.41, 5.74) is 6.81. The first-order valence-electron chi connectivity index (χ1n) is 3.59. The molecule has 1 aliphatic heterocycles. The lowest BCUT2D eigenvalue weighted by atomic mass is 9.92. The van der Waals surface area contributed by atoms with Crippen molar-refractivity contribution in [3.05, 3.63) is 41.5 Å². The van der Waals surface area contributed by atoms with E-state index in [2.05, 4.69) is 4.99 Å². The summed E-state index contributed by atoms with van der Waals surface area (Å²) in [6.07, 6.45) is 8.77. The highest BCUT2D eigenvalue weighted by Gasteiger charge is 2.24. The average molecular weight is 159 g/mol. The number of fused-ring (bicyclic) bond motifs is 1. The largest absolute Gasteiger partial charge is 0.369 e. The number of nitrogens with zero attached hydrogens (tertiary/aromatic N) is 1. The van der Waals surface area contributed by atoms with Crippen LogP contribution in [-0.4, -0.2) is 12.1 Å². The van der Waals surface area contributed by atoms with Crippen molar-refractivity contribution in [2.24, 2.45) is 10.7 Å². The van der Waals surface area contributed by atoms with Crippen LogP contribution in [-0.2, 0) is 4.79 Å². The van der Waals surface area contributed by atoms with Crippen molar-refractivity contribution in [1.82, 2.24) is 0 Å². The first-order valence-corrected chi connectivity index (χ1v) is 3.59. The minimum atomic E-state index is -0.409. The van der Waals surface area contributed by atoms with Gasteiger partial charge in [0, 0.05) is 11.8 Å². The van der Waals surface area contributed by atoms with Gasteiger partial charge in [-0.25, -0.2) is 0 Å². The predicted molar refractivity (Wildman–Crippen MR) is 46.2 cm³/mol. The Morgan fingerprint density at radius 1 is 1.42 bits per heavy atom. The summed E-state index contributed by atoms with van der Waals surface area (Å²) in [5, 5.41) is 0. The lowest BCUT2D eigenvalue weighted by Crippen LogP contribution is -2.22. The van der Waals surface area contributed by atoms with Gasteiger partial charge in [-0.15, -0.1) is 0 Å². The SMILES string of the molecule is NC(=O)[C]1C=CC=C2N=CC=C12. The lowest BCUT2D eigenvalue weighted by molar-refractivity contribution is -0.115. The minimum absolute atomic E-state index is 0.409. The zero-order chi connectivity index (χ0) is 8.55. The van der Waals surface area contributed by atoms with Crippen LogP contribution in [0.5, 0.6) is 0 Å². The molecule has 1 aliphatic carbocycles. The monoisotopic (exact) mass is 159 g/mol. The molecule has 12 heavy (non-hydrogen) atoms. The van der Waals surface area contributed by atoms with Crippen LogP contribution in [0.2, 0.25) is 0 Å². The van der Waals surface area contributed by atoms with Crippen LogP contribution in [0.25, 0.3) is 0 Å². The molecule has 0 aromatic rings. The summed E-state index contributed by atoms with van der Waals surface area (Å²) in [5.74, 6) is 0.124. The zero-order valence-electron chi connectivity index (χ0n) is 6.32. The van der Waals surface area contributed by atoms with Gasteiger partial charge in [-0.1, -0.05) is 12.2 Å². The number of primary amides is 1. The molecular weight excluding hydrogens is 152 g/mol. The number of hydrogen-bond acceptors (Lipinski definition) is 2. The molecule has 3 nitrogen and oxygen atoms in total. The third-order valence-corrected chi connectivity index (χ3v) is 1.80. The second-order valence-electron chi connectivity index (χ2n) is 2.55. The Kier molecular flexibility index (Phi) is 1.43. The molecule has 1 radical (unpaired) electrons. The number of carbonyl (C=O) groups excluding carboxylic acids is 1. The zero-order valence-corrected chi connectivity index (χ0v) is 6.32. The number of nitrogens with two attached hydrogens (primary N) is 1. The molecule has 0 saturated carbocycles. The van der Waals surface area contributed by atoms with Gasteiger partial charge in [0.1, 0.15) is 5.92 Å². The Labute approximate surface area is 70.0 Å². The highest BCUT2D eigenvalue weighted by atomic mass is 16.1. The molecule has 0 spiro atoms. The topological polar surface area (TPSA) is 55.5 Å². The molecule has 2 aliphatic rings. The Morgan fingerprint density at radius 2 is 2.25 bits per heavy atom. The summed E-state index contributed by atoms with van der Waals surface area (Å²) in [6.45, 7) is 0. The van der Waals surface area contributed by atoms with E-state index in [0.717, 1.165) is 11.3 Å². The van der Waals surface area contributed by atoms with E-state index >= 15 is 0 Å². The van der Waals surface area contributed by atoms with Crippen molar-refractivity contribution in [3.8, 4) is 0 Å². The van der Waals surface area contributed by atoms with Crippen molar-refractivity contribution >= 4 is 12.1 Å². The number of allylic oxidation sites excluding steroid dienone is 4. The Balaban J connectivity index is 2.39. The van der Waals surface area contributed by atoms with Gasteiger partial charge in [0.05, 0.1) is 5.70 Å². The van der Waals surface area contributed by atoms with Crippen LogP contribution < -0.4 is 5.73 Å². The fourth-order valence-electron chi connectivity index (χ4n) is 1.25. The first kappa shape index (κ1) is 7.03. The molecule has 2 rings (SSSR count). The highest BCUT2D eigenvalue weighted by molar-refractivity contribution is 6.00. The smallest absolute Gasteiger partial charge is 0.233 e. The molecular formula is C9H7N2O. The van der Waals surface area contributed by atoms with E-state index < -0.39 is 5.91 Å². The molecule has 0 fully saturated rings. The van der Waals surface area contributed by atoms with Crippen LogP contribution in [0, 0.1) is 5.92 Å². The normalized spacial score (nSPS) is 20.3. The fraction of sp³-hybridized carbons (Fsp3) is 0. The van der Waals surface area contributed by atoms with E-state index in [1.165, 1.54) is 0 Å². The van der Waals surface area contributed by atoms with Gasteiger partial charge in [-0.05, 0) is 12.2 Å². The summed E-state index contributed by atoms with van der Waals surface area (Å²) in [4.78, 5) is 15.0. The third kappa shape index (κ3) is 0.906.